The molecule has 0 bridgehead atoms. The van der Waals surface area contributed by atoms with Gasteiger partial charge >= 0.3 is 12.0 Å². The summed E-state index contributed by atoms with van der Waals surface area (Å²) in [4.78, 5) is 37.1. The number of amides is 2. The number of hydrogen-bond donors (Lipinski definition) is 4. The Hall–Kier alpha value is -4.58. The number of benzene rings is 2. The molecule has 9 heteroatoms. The van der Waals surface area contributed by atoms with Crippen molar-refractivity contribution in [3.05, 3.63) is 93.4 Å². The standard InChI is InChI=1S/C24H22N4O5/c25-13-17-6-11-21(33-15-16-4-2-1-3-5-16)18(12-17)7-8-19-9-10-20(23(31)27-19)28-24(32)26-14-22(29)30/h1-6,9-12H,7-8,14-15H2,(H,27,31)(H,29,30)(H2,26,28,32). The molecule has 2 aromatic carbocycles. The fourth-order valence-electron chi connectivity index (χ4n) is 3.07. The number of rotatable bonds is 9. The highest BCUT2D eigenvalue weighted by atomic mass is 16.5. The molecule has 0 saturated carbocycles. The Bertz CT molecular complexity index is 1230. The number of nitrogens with one attached hydrogen (secondary N) is 3. The van der Waals surface area contributed by atoms with Gasteiger partial charge in [0, 0.05) is 5.69 Å². The number of carbonyl (C=O) groups excluding carboxylic acids is 1. The second-order valence-corrected chi connectivity index (χ2v) is 7.14. The van der Waals surface area contributed by atoms with Gasteiger partial charge < -0.3 is 25.5 Å². The third-order valence-electron chi connectivity index (χ3n) is 4.71. The van der Waals surface area contributed by atoms with Gasteiger partial charge in [0.2, 0.25) is 0 Å². The van der Waals surface area contributed by atoms with E-state index in [1.54, 1.807) is 24.3 Å². The Labute approximate surface area is 189 Å². The summed E-state index contributed by atoms with van der Waals surface area (Å²) in [6, 6.07) is 19.4. The maximum Gasteiger partial charge on any atom is 0.323 e. The molecule has 3 aromatic rings. The van der Waals surface area contributed by atoms with Crippen LogP contribution in [0.3, 0.4) is 0 Å². The lowest BCUT2D eigenvalue weighted by Gasteiger charge is -2.12. The SMILES string of the molecule is N#Cc1ccc(OCc2ccccc2)c(CCc2ccc(NC(=O)NCC(=O)O)c(=O)[nH]2)c1. The van der Waals surface area contributed by atoms with E-state index in [4.69, 9.17) is 9.84 Å². The maximum atomic E-state index is 12.3. The van der Waals surface area contributed by atoms with Crippen LogP contribution in [0, 0.1) is 11.3 Å². The smallest absolute Gasteiger partial charge is 0.323 e. The van der Waals surface area contributed by atoms with Gasteiger partial charge in [-0.1, -0.05) is 30.3 Å². The first-order valence-corrected chi connectivity index (χ1v) is 10.1. The minimum absolute atomic E-state index is 0.000000103. The second kappa shape index (κ2) is 11.2. The summed E-state index contributed by atoms with van der Waals surface area (Å²) < 4.78 is 5.96. The summed E-state index contributed by atoms with van der Waals surface area (Å²) in [6.45, 7) is -0.168. The lowest BCUT2D eigenvalue weighted by atomic mass is 10.0. The van der Waals surface area contributed by atoms with Gasteiger partial charge in [0.05, 0.1) is 11.6 Å². The van der Waals surface area contributed by atoms with Gasteiger partial charge in [0.25, 0.3) is 5.56 Å². The van der Waals surface area contributed by atoms with E-state index in [1.807, 2.05) is 30.3 Å². The molecule has 0 aliphatic rings. The van der Waals surface area contributed by atoms with E-state index < -0.39 is 24.1 Å². The molecule has 0 saturated heterocycles. The summed E-state index contributed by atoms with van der Waals surface area (Å²) in [5, 5.41) is 22.2. The van der Waals surface area contributed by atoms with Gasteiger partial charge in [-0.2, -0.15) is 5.26 Å². The average molecular weight is 446 g/mol. The van der Waals surface area contributed by atoms with E-state index in [0.717, 1.165) is 11.1 Å². The first-order chi connectivity index (χ1) is 15.9. The van der Waals surface area contributed by atoms with Crippen LogP contribution in [0.4, 0.5) is 10.5 Å². The first kappa shape index (κ1) is 23.1. The van der Waals surface area contributed by atoms with Crippen molar-refractivity contribution < 1.29 is 19.4 Å². The molecule has 2 amide bonds. The molecule has 0 atom stereocenters. The van der Waals surface area contributed by atoms with Crippen LogP contribution in [0.2, 0.25) is 0 Å². The van der Waals surface area contributed by atoms with Gasteiger partial charge in [0.15, 0.2) is 0 Å². The molecule has 0 aliphatic heterocycles. The number of urea groups is 1. The quantitative estimate of drug-likeness (QED) is 0.398. The van der Waals surface area contributed by atoms with E-state index in [9.17, 15) is 19.6 Å². The molecular formula is C24H22N4O5. The number of aromatic amines is 1. The van der Waals surface area contributed by atoms with E-state index >= 15 is 0 Å². The number of pyridine rings is 1. The highest BCUT2D eigenvalue weighted by Crippen LogP contribution is 2.23. The molecule has 9 nitrogen and oxygen atoms in total. The molecular weight excluding hydrogens is 424 g/mol. The number of carbonyl (C=O) groups is 2. The molecule has 168 valence electrons. The summed E-state index contributed by atoms with van der Waals surface area (Å²) in [7, 11) is 0. The summed E-state index contributed by atoms with van der Waals surface area (Å²) in [5.74, 6) is -0.532. The summed E-state index contributed by atoms with van der Waals surface area (Å²) in [6.07, 6.45) is 0.985. The van der Waals surface area contributed by atoms with Crippen LogP contribution in [0.5, 0.6) is 5.75 Å². The van der Waals surface area contributed by atoms with Gasteiger partial charge in [-0.05, 0) is 54.3 Å². The summed E-state index contributed by atoms with van der Waals surface area (Å²) in [5.41, 5.74) is 2.49. The van der Waals surface area contributed by atoms with Crippen molar-refractivity contribution in [2.75, 3.05) is 11.9 Å². The fraction of sp³-hybridized carbons (Fsp3) is 0.167. The Morgan fingerprint density at radius 1 is 1.06 bits per heavy atom. The molecule has 1 heterocycles. The van der Waals surface area contributed by atoms with Crippen LogP contribution >= 0.6 is 0 Å². The van der Waals surface area contributed by atoms with Gasteiger partial charge in [-0.25, -0.2) is 4.79 Å². The van der Waals surface area contributed by atoms with Crippen molar-refractivity contribution in [2.24, 2.45) is 0 Å². The predicted molar refractivity (Wildman–Crippen MR) is 121 cm³/mol. The number of anilines is 1. The number of aromatic nitrogens is 1. The Morgan fingerprint density at radius 3 is 2.55 bits per heavy atom. The fourth-order valence-corrected chi connectivity index (χ4v) is 3.07. The van der Waals surface area contributed by atoms with Crippen molar-refractivity contribution in [2.45, 2.75) is 19.4 Å². The zero-order valence-corrected chi connectivity index (χ0v) is 17.6. The van der Waals surface area contributed by atoms with Crippen LogP contribution in [0.1, 0.15) is 22.4 Å². The molecule has 0 unspecified atom stereocenters. The average Bonchev–Trinajstić information content (AvgIpc) is 2.82. The first-order valence-electron chi connectivity index (χ1n) is 10.1. The van der Waals surface area contributed by atoms with E-state index in [1.165, 1.54) is 6.07 Å². The number of ether oxygens (including phenoxy) is 1. The minimum atomic E-state index is -1.19. The molecule has 0 fully saturated rings. The minimum Gasteiger partial charge on any atom is -0.489 e. The third kappa shape index (κ3) is 6.97. The molecule has 33 heavy (non-hydrogen) atoms. The van der Waals surface area contributed by atoms with Crippen LogP contribution in [-0.4, -0.2) is 28.6 Å². The van der Waals surface area contributed by atoms with Gasteiger partial charge in [0.1, 0.15) is 24.6 Å². The number of hydrogen-bond acceptors (Lipinski definition) is 5. The van der Waals surface area contributed by atoms with Crippen LogP contribution in [0.15, 0.2) is 65.5 Å². The monoisotopic (exact) mass is 446 g/mol. The van der Waals surface area contributed by atoms with Crippen molar-refractivity contribution in [3.8, 4) is 11.8 Å². The van der Waals surface area contributed by atoms with E-state index in [2.05, 4.69) is 21.7 Å². The van der Waals surface area contributed by atoms with Crippen LogP contribution in [0.25, 0.3) is 0 Å². The normalized spacial score (nSPS) is 10.2. The molecule has 0 spiro atoms. The van der Waals surface area contributed by atoms with Crippen LogP contribution < -0.4 is 20.9 Å². The molecule has 4 N–H and O–H groups in total. The Morgan fingerprint density at radius 2 is 1.85 bits per heavy atom. The Kier molecular flexibility index (Phi) is 7.81. The third-order valence-corrected chi connectivity index (χ3v) is 4.71. The lowest BCUT2D eigenvalue weighted by Crippen LogP contribution is -2.34. The van der Waals surface area contributed by atoms with Crippen molar-refractivity contribution in [3.63, 3.8) is 0 Å². The zero-order valence-electron chi connectivity index (χ0n) is 17.6. The number of nitriles is 1. The second-order valence-electron chi connectivity index (χ2n) is 7.14. The summed E-state index contributed by atoms with van der Waals surface area (Å²) >= 11 is 0. The van der Waals surface area contributed by atoms with E-state index in [0.29, 0.717) is 36.5 Å². The zero-order chi connectivity index (χ0) is 23.6. The number of carboxylic acids is 1. The van der Waals surface area contributed by atoms with Gasteiger partial charge in [-0.3, -0.25) is 9.59 Å². The number of aryl methyl sites for hydroxylation is 2. The molecule has 0 aliphatic carbocycles. The number of nitrogens with zero attached hydrogens (tertiary/aromatic N) is 1. The lowest BCUT2D eigenvalue weighted by molar-refractivity contribution is -0.135. The largest absolute Gasteiger partial charge is 0.489 e. The number of carboxylic acid groups (broad SMARTS) is 1. The Balaban J connectivity index is 1.66. The van der Waals surface area contributed by atoms with Gasteiger partial charge in [-0.15, -0.1) is 0 Å². The molecule has 3 rings (SSSR count). The van der Waals surface area contributed by atoms with Crippen LogP contribution in [-0.2, 0) is 24.2 Å². The highest BCUT2D eigenvalue weighted by molar-refractivity contribution is 5.90. The molecule has 1 aromatic heterocycles. The van der Waals surface area contributed by atoms with Crippen molar-refractivity contribution in [1.82, 2.24) is 10.3 Å². The number of aliphatic carboxylic acids is 1. The highest BCUT2D eigenvalue weighted by Gasteiger charge is 2.10. The maximum absolute atomic E-state index is 12.3. The van der Waals surface area contributed by atoms with Crippen molar-refractivity contribution in [1.29, 1.82) is 5.26 Å². The van der Waals surface area contributed by atoms with E-state index in [-0.39, 0.29) is 5.69 Å². The number of H-pyrrole nitrogens is 1. The topological polar surface area (TPSA) is 144 Å². The van der Waals surface area contributed by atoms with Crippen molar-refractivity contribution >= 4 is 17.7 Å². The molecule has 0 radical (unpaired) electrons. The predicted octanol–water partition coefficient (Wildman–Crippen LogP) is 2.82.